The van der Waals surface area contributed by atoms with E-state index in [1.54, 1.807) is 18.2 Å². The van der Waals surface area contributed by atoms with Crippen LogP contribution in [0.1, 0.15) is 28.8 Å². The van der Waals surface area contributed by atoms with Crippen molar-refractivity contribution in [2.75, 3.05) is 18.4 Å². The van der Waals surface area contributed by atoms with Gasteiger partial charge < -0.3 is 16.4 Å². The molecule has 1 unspecified atom stereocenters. The summed E-state index contributed by atoms with van der Waals surface area (Å²) in [4.78, 5) is 23.3. The molecular formula is C14H19N3O2. The molecule has 0 spiro atoms. The third-order valence-electron chi connectivity index (χ3n) is 3.44. The molecule has 1 aliphatic rings. The number of aryl methyl sites for hydroxylation is 1. The van der Waals surface area contributed by atoms with E-state index < -0.39 is 5.91 Å². The molecule has 102 valence electrons. The average molecular weight is 261 g/mol. The van der Waals surface area contributed by atoms with E-state index in [0.29, 0.717) is 17.8 Å². The Balaban J connectivity index is 2.08. The molecular weight excluding hydrogens is 242 g/mol. The molecule has 2 rings (SSSR count). The number of benzene rings is 1. The van der Waals surface area contributed by atoms with Gasteiger partial charge in [-0.05, 0) is 44.0 Å². The summed E-state index contributed by atoms with van der Waals surface area (Å²) in [6, 6.07) is 5.20. The molecule has 0 bridgehead atoms. The Morgan fingerprint density at radius 3 is 2.84 bits per heavy atom. The molecule has 1 aromatic carbocycles. The van der Waals surface area contributed by atoms with Gasteiger partial charge in [-0.25, -0.2) is 0 Å². The van der Waals surface area contributed by atoms with E-state index in [9.17, 15) is 9.59 Å². The van der Waals surface area contributed by atoms with Crippen LogP contribution in [0.5, 0.6) is 0 Å². The Morgan fingerprint density at radius 1 is 1.42 bits per heavy atom. The lowest BCUT2D eigenvalue weighted by molar-refractivity contribution is -0.120. The van der Waals surface area contributed by atoms with Gasteiger partial charge in [-0.15, -0.1) is 0 Å². The summed E-state index contributed by atoms with van der Waals surface area (Å²) in [5.41, 5.74) is 7.17. The summed E-state index contributed by atoms with van der Waals surface area (Å²) in [6.07, 6.45) is 1.91. The largest absolute Gasteiger partial charge is 0.366 e. The van der Waals surface area contributed by atoms with Crippen molar-refractivity contribution in [1.29, 1.82) is 0 Å². The first kappa shape index (κ1) is 13.5. The molecule has 0 aromatic heterocycles. The van der Waals surface area contributed by atoms with Crippen LogP contribution in [0.3, 0.4) is 0 Å². The molecule has 1 fully saturated rings. The fourth-order valence-electron chi connectivity index (χ4n) is 2.29. The maximum Gasteiger partial charge on any atom is 0.249 e. The smallest absolute Gasteiger partial charge is 0.249 e. The first-order valence-corrected chi connectivity index (χ1v) is 6.50. The second-order valence-electron chi connectivity index (χ2n) is 4.93. The van der Waals surface area contributed by atoms with Crippen LogP contribution in [0, 0.1) is 12.8 Å². The van der Waals surface area contributed by atoms with Gasteiger partial charge in [0.25, 0.3) is 0 Å². The van der Waals surface area contributed by atoms with Crippen LogP contribution in [0.2, 0.25) is 0 Å². The number of nitrogens with one attached hydrogen (secondary N) is 2. The number of carbonyl (C=O) groups is 2. The summed E-state index contributed by atoms with van der Waals surface area (Å²) < 4.78 is 0. The maximum absolute atomic E-state index is 12.1. The Hall–Kier alpha value is -1.88. The number of rotatable bonds is 3. The molecule has 5 heteroatoms. The monoisotopic (exact) mass is 261 g/mol. The van der Waals surface area contributed by atoms with Crippen molar-refractivity contribution in [1.82, 2.24) is 5.32 Å². The number of piperidine rings is 1. The third-order valence-corrected chi connectivity index (χ3v) is 3.44. The molecule has 1 atom stereocenters. The van der Waals surface area contributed by atoms with E-state index in [1.807, 2.05) is 6.92 Å². The van der Waals surface area contributed by atoms with Crippen LogP contribution >= 0.6 is 0 Å². The van der Waals surface area contributed by atoms with Crippen molar-refractivity contribution in [3.8, 4) is 0 Å². The molecule has 1 aliphatic heterocycles. The Labute approximate surface area is 112 Å². The molecule has 4 N–H and O–H groups in total. The van der Waals surface area contributed by atoms with Crippen LogP contribution in [-0.4, -0.2) is 24.9 Å². The van der Waals surface area contributed by atoms with E-state index in [0.717, 1.165) is 24.9 Å². The van der Waals surface area contributed by atoms with Gasteiger partial charge in [0.2, 0.25) is 11.8 Å². The van der Waals surface area contributed by atoms with Crippen molar-refractivity contribution >= 4 is 17.5 Å². The first-order valence-electron chi connectivity index (χ1n) is 6.50. The minimum absolute atomic E-state index is 0.00733. The second-order valence-corrected chi connectivity index (χ2v) is 4.93. The van der Waals surface area contributed by atoms with Crippen molar-refractivity contribution in [2.45, 2.75) is 19.8 Å². The molecule has 1 aromatic rings. The highest BCUT2D eigenvalue weighted by Gasteiger charge is 2.21. The second kappa shape index (κ2) is 5.84. The van der Waals surface area contributed by atoms with Gasteiger partial charge in [0.1, 0.15) is 0 Å². The predicted octanol–water partition coefficient (Wildman–Crippen LogP) is 1.03. The lowest BCUT2D eigenvalue weighted by Gasteiger charge is -2.22. The fraction of sp³-hybridized carbons (Fsp3) is 0.429. The Kier molecular flexibility index (Phi) is 4.16. The first-order chi connectivity index (χ1) is 9.08. The molecule has 19 heavy (non-hydrogen) atoms. The Bertz CT molecular complexity index is 493. The summed E-state index contributed by atoms with van der Waals surface area (Å²) in [5, 5.41) is 6.05. The minimum Gasteiger partial charge on any atom is -0.366 e. The highest BCUT2D eigenvalue weighted by atomic mass is 16.2. The number of hydrogen-bond donors (Lipinski definition) is 3. The quantitative estimate of drug-likeness (QED) is 0.760. The van der Waals surface area contributed by atoms with Crippen molar-refractivity contribution in [2.24, 2.45) is 11.7 Å². The zero-order valence-electron chi connectivity index (χ0n) is 11.0. The minimum atomic E-state index is -0.479. The van der Waals surface area contributed by atoms with Gasteiger partial charge in [-0.3, -0.25) is 9.59 Å². The van der Waals surface area contributed by atoms with E-state index in [1.165, 1.54) is 0 Å². The number of amides is 2. The number of carbonyl (C=O) groups excluding carboxylic acids is 2. The van der Waals surface area contributed by atoms with E-state index in [-0.39, 0.29) is 11.8 Å². The SMILES string of the molecule is Cc1ccc(NC(=O)C2CCCNC2)cc1C(N)=O. The third kappa shape index (κ3) is 3.32. The van der Waals surface area contributed by atoms with Crippen molar-refractivity contribution in [3.63, 3.8) is 0 Å². The number of nitrogens with two attached hydrogens (primary N) is 1. The van der Waals surface area contributed by atoms with E-state index in [4.69, 9.17) is 5.73 Å². The zero-order chi connectivity index (χ0) is 13.8. The summed E-state index contributed by atoms with van der Waals surface area (Å²) in [7, 11) is 0. The predicted molar refractivity (Wildman–Crippen MR) is 73.9 cm³/mol. The maximum atomic E-state index is 12.1. The lowest BCUT2D eigenvalue weighted by Crippen LogP contribution is -2.37. The zero-order valence-corrected chi connectivity index (χ0v) is 11.0. The number of hydrogen-bond acceptors (Lipinski definition) is 3. The summed E-state index contributed by atoms with van der Waals surface area (Å²) >= 11 is 0. The van der Waals surface area contributed by atoms with E-state index >= 15 is 0 Å². The van der Waals surface area contributed by atoms with Crippen molar-refractivity contribution in [3.05, 3.63) is 29.3 Å². The molecule has 1 saturated heterocycles. The van der Waals surface area contributed by atoms with Gasteiger partial charge in [0.05, 0.1) is 5.92 Å². The lowest BCUT2D eigenvalue weighted by atomic mass is 9.98. The molecule has 2 amide bonds. The van der Waals surface area contributed by atoms with Gasteiger partial charge >= 0.3 is 0 Å². The molecule has 1 heterocycles. The van der Waals surface area contributed by atoms with Gasteiger partial charge in [0, 0.05) is 17.8 Å². The topological polar surface area (TPSA) is 84.2 Å². The standard InChI is InChI=1S/C14H19N3O2/c1-9-4-5-11(7-12(9)13(15)18)17-14(19)10-3-2-6-16-8-10/h4-5,7,10,16H,2-3,6,8H2,1H3,(H2,15,18)(H,17,19). The molecule has 0 aliphatic carbocycles. The van der Waals surface area contributed by atoms with Gasteiger partial charge in [-0.2, -0.15) is 0 Å². The van der Waals surface area contributed by atoms with Crippen molar-refractivity contribution < 1.29 is 9.59 Å². The normalized spacial score (nSPS) is 18.9. The highest BCUT2D eigenvalue weighted by molar-refractivity contribution is 5.98. The van der Waals surface area contributed by atoms with Crippen LogP contribution in [0.15, 0.2) is 18.2 Å². The summed E-state index contributed by atoms with van der Waals surface area (Å²) in [5.74, 6) is -0.494. The van der Waals surface area contributed by atoms with Crippen LogP contribution in [0.25, 0.3) is 0 Å². The average Bonchev–Trinajstić information content (AvgIpc) is 2.41. The van der Waals surface area contributed by atoms with Gasteiger partial charge in [0.15, 0.2) is 0 Å². The van der Waals surface area contributed by atoms with E-state index in [2.05, 4.69) is 10.6 Å². The fourth-order valence-corrected chi connectivity index (χ4v) is 2.29. The van der Waals surface area contributed by atoms with Crippen LogP contribution in [0.4, 0.5) is 5.69 Å². The van der Waals surface area contributed by atoms with Crippen LogP contribution in [-0.2, 0) is 4.79 Å². The van der Waals surface area contributed by atoms with Gasteiger partial charge in [-0.1, -0.05) is 6.07 Å². The Morgan fingerprint density at radius 2 is 2.21 bits per heavy atom. The molecule has 0 saturated carbocycles. The number of primary amides is 1. The van der Waals surface area contributed by atoms with Crippen LogP contribution < -0.4 is 16.4 Å². The molecule has 0 radical (unpaired) electrons. The number of anilines is 1. The molecule has 5 nitrogen and oxygen atoms in total. The summed E-state index contributed by atoms with van der Waals surface area (Å²) in [6.45, 7) is 3.50. The highest BCUT2D eigenvalue weighted by Crippen LogP contribution is 2.17.